The van der Waals surface area contributed by atoms with Gasteiger partial charge >= 0.3 is 5.97 Å². The summed E-state index contributed by atoms with van der Waals surface area (Å²) in [6.45, 7) is 5.22. The minimum absolute atomic E-state index is 0.0305. The van der Waals surface area contributed by atoms with Gasteiger partial charge in [0, 0.05) is 35.8 Å². The lowest BCUT2D eigenvalue weighted by Gasteiger charge is -2.33. The van der Waals surface area contributed by atoms with Crippen LogP contribution in [0.5, 0.6) is 0 Å². The van der Waals surface area contributed by atoms with E-state index in [4.69, 9.17) is 0 Å². The molecule has 150 valence electrons. The number of benzene rings is 1. The van der Waals surface area contributed by atoms with Crippen LogP contribution in [-0.4, -0.2) is 40.9 Å². The van der Waals surface area contributed by atoms with E-state index in [-0.39, 0.29) is 35.1 Å². The van der Waals surface area contributed by atoms with Gasteiger partial charge < -0.3 is 15.3 Å². The summed E-state index contributed by atoms with van der Waals surface area (Å²) in [5, 5.41) is 13.3. The smallest absolute Gasteiger partial charge is 0.346 e. The van der Waals surface area contributed by atoms with Crippen LogP contribution in [0.1, 0.15) is 48.3 Å². The monoisotopic (exact) mass is 402 g/mol. The van der Waals surface area contributed by atoms with E-state index in [0.29, 0.717) is 18.7 Å². The molecule has 0 radical (unpaired) electrons. The van der Waals surface area contributed by atoms with E-state index in [2.05, 4.69) is 5.32 Å². The number of thiophene rings is 1. The summed E-state index contributed by atoms with van der Waals surface area (Å²) in [5.41, 5.74) is 0.643. The van der Waals surface area contributed by atoms with Gasteiger partial charge in [-0.25, -0.2) is 4.79 Å². The molecule has 7 heteroatoms. The third-order valence-electron chi connectivity index (χ3n) is 5.47. The Hall–Kier alpha value is -2.41. The van der Waals surface area contributed by atoms with Crippen molar-refractivity contribution < 1.29 is 19.5 Å². The van der Waals surface area contributed by atoms with E-state index in [1.165, 1.54) is 11.3 Å². The largest absolute Gasteiger partial charge is 0.477 e. The number of nitrogens with one attached hydrogen (secondary N) is 1. The predicted octanol–water partition coefficient (Wildman–Crippen LogP) is 3.50. The number of rotatable bonds is 6. The zero-order valence-electron chi connectivity index (χ0n) is 16.2. The van der Waals surface area contributed by atoms with Crippen molar-refractivity contribution in [2.45, 2.75) is 39.7 Å². The van der Waals surface area contributed by atoms with Crippen LogP contribution in [0.25, 0.3) is 10.1 Å². The molecule has 2 N–H and O–H groups in total. The van der Waals surface area contributed by atoms with Crippen molar-refractivity contribution in [2.75, 3.05) is 13.1 Å². The number of amides is 2. The summed E-state index contributed by atoms with van der Waals surface area (Å²) < 4.78 is 0.896. The molecular formula is C21H26N2O4S. The van der Waals surface area contributed by atoms with Crippen LogP contribution in [0.2, 0.25) is 0 Å². The molecule has 2 aromatic rings. The van der Waals surface area contributed by atoms with Crippen LogP contribution in [0.15, 0.2) is 24.3 Å². The van der Waals surface area contributed by atoms with Gasteiger partial charge in [0.2, 0.25) is 11.8 Å². The molecule has 0 spiro atoms. The lowest BCUT2D eigenvalue weighted by molar-refractivity contribution is -0.139. The maximum Gasteiger partial charge on any atom is 0.346 e. The Labute approximate surface area is 168 Å². The second-order valence-corrected chi connectivity index (χ2v) is 8.41. The Morgan fingerprint density at radius 3 is 2.79 bits per heavy atom. The molecule has 3 rings (SSSR count). The number of carboxylic acid groups (broad SMARTS) is 1. The molecule has 2 heterocycles. The molecule has 0 unspecified atom stereocenters. The van der Waals surface area contributed by atoms with E-state index in [1.807, 2.05) is 38.1 Å². The molecule has 0 aliphatic carbocycles. The average molecular weight is 403 g/mol. The standard InChI is InChI=1S/C21H26N2O4S/c1-3-13(2)20(25)23-10-6-7-14(12-23)19(24)22-11-16-15-8-4-5-9-17(15)28-18(16)21(26)27/h4-5,8-9,13-14H,3,6-7,10-12H2,1-2H3,(H,22,24)(H,26,27)/t13-,14+/m0/s1. The minimum atomic E-state index is -0.978. The Bertz CT molecular complexity index is 892. The van der Waals surface area contributed by atoms with Gasteiger partial charge in [-0.05, 0) is 30.7 Å². The molecule has 1 aromatic carbocycles. The Morgan fingerprint density at radius 2 is 2.07 bits per heavy atom. The van der Waals surface area contributed by atoms with Crippen LogP contribution < -0.4 is 5.32 Å². The highest BCUT2D eigenvalue weighted by molar-refractivity contribution is 7.21. The first-order chi connectivity index (χ1) is 13.4. The summed E-state index contributed by atoms with van der Waals surface area (Å²) >= 11 is 1.23. The van der Waals surface area contributed by atoms with E-state index < -0.39 is 5.97 Å². The van der Waals surface area contributed by atoms with Crippen molar-refractivity contribution in [1.82, 2.24) is 10.2 Å². The Kier molecular flexibility index (Phi) is 6.34. The van der Waals surface area contributed by atoms with E-state index in [1.54, 1.807) is 4.90 Å². The Morgan fingerprint density at radius 1 is 1.32 bits per heavy atom. The SMILES string of the molecule is CC[C@H](C)C(=O)N1CCC[C@@H](C(=O)NCc2c(C(=O)O)sc3ccccc23)C1. The maximum atomic E-state index is 12.7. The normalized spacial score (nSPS) is 18.1. The van der Waals surface area contributed by atoms with Crippen molar-refractivity contribution in [1.29, 1.82) is 0 Å². The van der Waals surface area contributed by atoms with Crippen molar-refractivity contribution in [2.24, 2.45) is 11.8 Å². The van der Waals surface area contributed by atoms with Crippen LogP contribution in [0.4, 0.5) is 0 Å². The fourth-order valence-electron chi connectivity index (χ4n) is 3.64. The highest BCUT2D eigenvalue weighted by atomic mass is 32.1. The highest BCUT2D eigenvalue weighted by Crippen LogP contribution is 2.31. The van der Waals surface area contributed by atoms with Crippen LogP contribution in [-0.2, 0) is 16.1 Å². The summed E-state index contributed by atoms with van der Waals surface area (Å²) in [6.07, 6.45) is 2.34. The van der Waals surface area contributed by atoms with Crippen molar-refractivity contribution >= 4 is 39.2 Å². The Balaban J connectivity index is 1.69. The molecule has 1 aromatic heterocycles. The van der Waals surface area contributed by atoms with Gasteiger partial charge in [-0.3, -0.25) is 9.59 Å². The molecule has 0 bridgehead atoms. The van der Waals surface area contributed by atoms with Gasteiger partial charge in [0.15, 0.2) is 0 Å². The van der Waals surface area contributed by atoms with Gasteiger partial charge in [0.25, 0.3) is 0 Å². The van der Waals surface area contributed by atoms with Gasteiger partial charge in [-0.15, -0.1) is 11.3 Å². The van der Waals surface area contributed by atoms with Gasteiger partial charge in [0.1, 0.15) is 4.88 Å². The number of fused-ring (bicyclic) bond motifs is 1. The van der Waals surface area contributed by atoms with Gasteiger partial charge in [-0.2, -0.15) is 0 Å². The molecule has 1 fully saturated rings. The van der Waals surface area contributed by atoms with Crippen molar-refractivity contribution in [3.05, 3.63) is 34.7 Å². The second-order valence-electron chi connectivity index (χ2n) is 7.36. The first-order valence-corrected chi connectivity index (χ1v) is 10.5. The second kappa shape index (κ2) is 8.73. The third kappa shape index (κ3) is 4.19. The molecule has 1 saturated heterocycles. The molecule has 6 nitrogen and oxygen atoms in total. The molecule has 28 heavy (non-hydrogen) atoms. The predicted molar refractivity (Wildman–Crippen MR) is 109 cm³/mol. The fraction of sp³-hybridized carbons (Fsp3) is 0.476. The third-order valence-corrected chi connectivity index (χ3v) is 6.67. The first kappa shape index (κ1) is 20.3. The summed E-state index contributed by atoms with van der Waals surface area (Å²) in [6, 6.07) is 7.51. The maximum absolute atomic E-state index is 12.7. The zero-order valence-corrected chi connectivity index (χ0v) is 17.1. The molecule has 1 aliphatic rings. The number of aromatic carboxylic acids is 1. The number of hydrogen-bond donors (Lipinski definition) is 2. The van der Waals surface area contributed by atoms with Gasteiger partial charge in [-0.1, -0.05) is 32.0 Å². The average Bonchev–Trinajstić information content (AvgIpc) is 3.10. The first-order valence-electron chi connectivity index (χ1n) is 9.72. The number of likely N-dealkylation sites (tertiary alicyclic amines) is 1. The number of piperidine rings is 1. The topological polar surface area (TPSA) is 86.7 Å². The number of carboxylic acids is 1. The molecular weight excluding hydrogens is 376 g/mol. The van der Waals surface area contributed by atoms with Crippen LogP contribution in [0.3, 0.4) is 0 Å². The summed E-state index contributed by atoms with van der Waals surface area (Å²) in [4.78, 5) is 38.8. The fourth-order valence-corrected chi connectivity index (χ4v) is 4.70. The summed E-state index contributed by atoms with van der Waals surface area (Å²) in [7, 11) is 0. The van der Waals surface area contributed by atoms with E-state index >= 15 is 0 Å². The van der Waals surface area contributed by atoms with Crippen LogP contribution in [0, 0.1) is 11.8 Å². The van der Waals surface area contributed by atoms with E-state index in [0.717, 1.165) is 29.3 Å². The summed E-state index contributed by atoms with van der Waals surface area (Å²) in [5.74, 6) is -1.27. The lowest BCUT2D eigenvalue weighted by atomic mass is 9.95. The number of carbonyl (C=O) groups is 3. The van der Waals surface area contributed by atoms with E-state index in [9.17, 15) is 19.5 Å². The molecule has 1 aliphatic heterocycles. The van der Waals surface area contributed by atoms with Crippen molar-refractivity contribution in [3.63, 3.8) is 0 Å². The number of hydrogen-bond acceptors (Lipinski definition) is 4. The highest BCUT2D eigenvalue weighted by Gasteiger charge is 2.30. The lowest BCUT2D eigenvalue weighted by Crippen LogP contribution is -2.46. The minimum Gasteiger partial charge on any atom is -0.477 e. The number of nitrogens with zero attached hydrogens (tertiary/aromatic N) is 1. The van der Waals surface area contributed by atoms with Gasteiger partial charge in [0.05, 0.1) is 5.92 Å². The molecule has 2 atom stereocenters. The van der Waals surface area contributed by atoms with Crippen LogP contribution >= 0.6 is 11.3 Å². The van der Waals surface area contributed by atoms with Crippen molar-refractivity contribution in [3.8, 4) is 0 Å². The molecule has 0 saturated carbocycles. The zero-order chi connectivity index (χ0) is 20.3. The quantitative estimate of drug-likeness (QED) is 0.774. The molecule has 2 amide bonds. The number of carbonyl (C=O) groups excluding carboxylic acids is 2.